The number of hydrogen-bond acceptors (Lipinski definition) is 5. The van der Waals surface area contributed by atoms with E-state index in [1.165, 1.54) is 11.3 Å². The minimum absolute atomic E-state index is 0.0225. The van der Waals surface area contributed by atoms with Crippen molar-refractivity contribution in [3.05, 3.63) is 46.8 Å². The summed E-state index contributed by atoms with van der Waals surface area (Å²) >= 11 is 1.42. The van der Waals surface area contributed by atoms with Crippen molar-refractivity contribution in [2.24, 2.45) is 0 Å². The number of aromatic amines is 1. The zero-order valence-electron chi connectivity index (χ0n) is 15.0. The Morgan fingerprint density at radius 1 is 1.19 bits per heavy atom. The Morgan fingerprint density at radius 3 is 2.81 bits per heavy atom. The number of para-hydroxylation sites is 1. The molecule has 5 nitrogen and oxygen atoms in total. The van der Waals surface area contributed by atoms with Crippen LogP contribution in [0.1, 0.15) is 22.5 Å². The van der Waals surface area contributed by atoms with Gasteiger partial charge in [0, 0.05) is 35.6 Å². The number of carbonyl (C=O) groups is 2. The Bertz CT molecular complexity index is 911. The van der Waals surface area contributed by atoms with Gasteiger partial charge in [-0.05, 0) is 37.2 Å². The summed E-state index contributed by atoms with van der Waals surface area (Å²) in [4.78, 5) is 29.9. The Hall–Kier alpha value is -2.44. The summed E-state index contributed by atoms with van der Waals surface area (Å²) in [5.41, 5.74) is 3.17. The van der Waals surface area contributed by atoms with Crippen LogP contribution in [0, 0.1) is 0 Å². The molecule has 0 atom stereocenters. The van der Waals surface area contributed by atoms with Crippen molar-refractivity contribution in [1.29, 1.82) is 0 Å². The first kappa shape index (κ1) is 18.4. The van der Waals surface area contributed by atoms with Crippen LogP contribution < -0.4 is 0 Å². The van der Waals surface area contributed by atoms with Crippen molar-refractivity contribution < 1.29 is 14.3 Å². The van der Waals surface area contributed by atoms with Gasteiger partial charge in [0.15, 0.2) is 5.78 Å². The number of ether oxygens (including phenoxy) is 1. The maximum Gasteiger partial charge on any atom is 0.306 e. The maximum atomic E-state index is 12.4. The Balaban J connectivity index is 1.59. The smallest absolute Gasteiger partial charge is 0.306 e. The van der Waals surface area contributed by atoms with E-state index in [-0.39, 0.29) is 24.6 Å². The van der Waals surface area contributed by atoms with Crippen LogP contribution in [0.5, 0.6) is 0 Å². The molecule has 0 unspecified atom stereocenters. The second kappa shape index (κ2) is 8.29. The number of ketones is 1. The molecule has 0 bridgehead atoms. The average Bonchev–Trinajstić information content (AvgIpc) is 3.26. The van der Waals surface area contributed by atoms with Crippen LogP contribution >= 0.6 is 11.3 Å². The molecule has 6 heteroatoms. The number of hydrogen-bond donors (Lipinski definition) is 1. The molecule has 1 N–H and O–H groups in total. The van der Waals surface area contributed by atoms with Crippen molar-refractivity contribution in [3.8, 4) is 11.1 Å². The minimum Gasteiger partial charge on any atom is -0.464 e. The third-order valence-corrected chi connectivity index (χ3v) is 5.10. The Morgan fingerprint density at radius 2 is 2.00 bits per heavy atom. The summed E-state index contributed by atoms with van der Waals surface area (Å²) in [5, 5.41) is 3.12. The first-order valence-electron chi connectivity index (χ1n) is 8.53. The molecule has 0 fully saturated rings. The molecule has 0 aliphatic carbocycles. The van der Waals surface area contributed by atoms with Gasteiger partial charge in [0.1, 0.15) is 6.61 Å². The van der Waals surface area contributed by atoms with Gasteiger partial charge in [-0.2, -0.15) is 0 Å². The van der Waals surface area contributed by atoms with E-state index >= 15 is 0 Å². The number of likely N-dealkylation sites (N-methyl/N-ethyl adjacent to an activating group) is 1. The molecule has 0 aliphatic rings. The monoisotopic (exact) mass is 370 g/mol. The van der Waals surface area contributed by atoms with Gasteiger partial charge in [0.2, 0.25) is 0 Å². The third-order valence-electron chi connectivity index (χ3n) is 4.13. The van der Waals surface area contributed by atoms with Crippen LogP contribution in [0.2, 0.25) is 0 Å². The van der Waals surface area contributed by atoms with Crippen LogP contribution in [-0.2, 0) is 9.53 Å². The van der Waals surface area contributed by atoms with Crippen LogP contribution in [0.4, 0.5) is 0 Å². The average molecular weight is 370 g/mol. The summed E-state index contributed by atoms with van der Waals surface area (Å²) in [6, 6.07) is 9.98. The molecule has 0 spiro atoms. The van der Waals surface area contributed by atoms with E-state index in [1.807, 2.05) is 54.8 Å². The predicted octanol–water partition coefficient (Wildman–Crippen LogP) is 3.96. The Labute approximate surface area is 156 Å². The van der Waals surface area contributed by atoms with Gasteiger partial charge < -0.3 is 14.6 Å². The van der Waals surface area contributed by atoms with E-state index < -0.39 is 0 Å². The lowest BCUT2D eigenvalue weighted by Gasteiger charge is -2.09. The van der Waals surface area contributed by atoms with E-state index in [0.29, 0.717) is 18.0 Å². The number of nitrogens with zero attached hydrogens (tertiary/aromatic N) is 1. The SMILES string of the molecule is CN(C)CCOC(=O)CCC(=O)c1cc(-c2c[nH]c3ccccc23)cs1. The lowest BCUT2D eigenvalue weighted by molar-refractivity contribution is -0.143. The van der Waals surface area contributed by atoms with E-state index in [2.05, 4.69) is 11.1 Å². The van der Waals surface area contributed by atoms with E-state index in [0.717, 1.165) is 22.0 Å². The number of Topliss-reactive ketones (excluding diaryl/α,β-unsaturated/α-hetero) is 1. The fourth-order valence-electron chi connectivity index (χ4n) is 2.69. The fraction of sp³-hybridized carbons (Fsp3) is 0.300. The molecular formula is C20H22N2O3S. The fourth-order valence-corrected chi connectivity index (χ4v) is 3.56. The largest absolute Gasteiger partial charge is 0.464 e. The van der Waals surface area contributed by atoms with Crippen molar-refractivity contribution in [2.75, 3.05) is 27.2 Å². The molecule has 0 saturated heterocycles. The predicted molar refractivity (Wildman–Crippen MR) is 105 cm³/mol. The summed E-state index contributed by atoms with van der Waals surface area (Å²) in [7, 11) is 3.83. The first-order chi connectivity index (χ1) is 12.5. The molecule has 1 aromatic carbocycles. The minimum atomic E-state index is -0.325. The molecule has 3 rings (SSSR count). The van der Waals surface area contributed by atoms with Gasteiger partial charge in [-0.25, -0.2) is 0 Å². The summed E-state index contributed by atoms with van der Waals surface area (Å²) in [6.07, 6.45) is 2.25. The van der Waals surface area contributed by atoms with Gasteiger partial charge >= 0.3 is 5.97 Å². The molecule has 2 heterocycles. The summed E-state index contributed by atoms with van der Waals surface area (Å²) in [6.45, 7) is 1.03. The number of benzene rings is 1. The molecule has 0 radical (unpaired) electrons. The normalized spacial score (nSPS) is 11.2. The molecule has 0 amide bonds. The van der Waals surface area contributed by atoms with Crippen LogP contribution in [-0.4, -0.2) is 48.9 Å². The van der Waals surface area contributed by atoms with Crippen molar-refractivity contribution in [2.45, 2.75) is 12.8 Å². The molecule has 26 heavy (non-hydrogen) atoms. The Kier molecular flexibility index (Phi) is 5.85. The highest BCUT2D eigenvalue weighted by molar-refractivity contribution is 7.12. The molecule has 0 saturated carbocycles. The number of H-pyrrole nitrogens is 1. The van der Waals surface area contributed by atoms with Gasteiger partial charge in [-0.1, -0.05) is 18.2 Å². The van der Waals surface area contributed by atoms with Gasteiger partial charge in [-0.3, -0.25) is 9.59 Å². The molecular weight excluding hydrogens is 348 g/mol. The number of esters is 1. The topological polar surface area (TPSA) is 62.4 Å². The molecule has 136 valence electrons. The van der Waals surface area contributed by atoms with Crippen LogP contribution in [0.25, 0.3) is 22.0 Å². The van der Waals surface area contributed by atoms with E-state index in [9.17, 15) is 9.59 Å². The second-order valence-electron chi connectivity index (χ2n) is 6.39. The highest BCUT2D eigenvalue weighted by Gasteiger charge is 2.14. The van der Waals surface area contributed by atoms with Gasteiger partial charge in [-0.15, -0.1) is 11.3 Å². The molecule has 2 aromatic heterocycles. The second-order valence-corrected chi connectivity index (χ2v) is 7.31. The van der Waals surface area contributed by atoms with Crippen molar-refractivity contribution in [1.82, 2.24) is 9.88 Å². The van der Waals surface area contributed by atoms with Crippen molar-refractivity contribution in [3.63, 3.8) is 0 Å². The standard InChI is InChI=1S/C20H22N2O3S/c1-22(2)9-10-25-20(24)8-7-18(23)19-11-14(13-26-19)16-12-21-17-6-4-3-5-15(16)17/h3-6,11-13,21H,7-10H2,1-2H3. The summed E-state index contributed by atoms with van der Waals surface area (Å²) < 4.78 is 5.12. The molecule has 0 aliphatic heterocycles. The van der Waals surface area contributed by atoms with Crippen molar-refractivity contribution >= 4 is 34.0 Å². The number of nitrogens with one attached hydrogen (secondary N) is 1. The quantitative estimate of drug-likeness (QED) is 0.481. The molecule has 3 aromatic rings. The highest BCUT2D eigenvalue weighted by atomic mass is 32.1. The number of carbonyl (C=O) groups excluding carboxylic acids is 2. The van der Waals surface area contributed by atoms with E-state index in [1.54, 1.807) is 0 Å². The number of thiophene rings is 1. The number of rotatable bonds is 8. The number of aromatic nitrogens is 1. The zero-order chi connectivity index (χ0) is 18.5. The third kappa shape index (κ3) is 4.39. The number of fused-ring (bicyclic) bond motifs is 1. The van der Waals surface area contributed by atoms with Crippen LogP contribution in [0.3, 0.4) is 0 Å². The zero-order valence-corrected chi connectivity index (χ0v) is 15.8. The lowest BCUT2D eigenvalue weighted by Crippen LogP contribution is -2.20. The highest BCUT2D eigenvalue weighted by Crippen LogP contribution is 2.32. The van der Waals surface area contributed by atoms with Gasteiger partial charge in [0.25, 0.3) is 0 Å². The lowest BCUT2D eigenvalue weighted by atomic mass is 10.1. The maximum absolute atomic E-state index is 12.4. The van der Waals surface area contributed by atoms with Crippen LogP contribution in [0.15, 0.2) is 41.9 Å². The van der Waals surface area contributed by atoms with E-state index in [4.69, 9.17) is 4.74 Å². The summed E-state index contributed by atoms with van der Waals surface area (Å²) in [5.74, 6) is -0.348. The van der Waals surface area contributed by atoms with Gasteiger partial charge in [0.05, 0.1) is 11.3 Å². The first-order valence-corrected chi connectivity index (χ1v) is 9.41.